The van der Waals surface area contributed by atoms with E-state index in [2.05, 4.69) is 32.2 Å². The molecule has 1 aromatic heterocycles. The summed E-state index contributed by atoms with van der Waals surface area (Å²) in [6, 6.07) is 4.37. The number of amides is 1. The van der Waals surface area contributed by atoms with E-state index in [-0.39, 0.29) is 11.9 Å². The first kappa shape index (κ1) is 14.6. The molecule has 2 rings (SSSR count). The van der Waals surface area contributed by atoms with Gasteiger partial charge in [-0.25, -0.2) is 0 Å². The number of fused-ring (bicyclic) bond motifs is 1. The van der Waals surface area contributed by atoms with Crippen molar-refractivity contribution < 1.29 is 9.21 Å². The summed E-state index contributed by atoms with van der Waals surface area (Å²) < 4.78 is 5.56. The molecule has 0 aliphatic carbocycles. The van der Waals surface area contributed by atoms with Gasteiger partial charge >= 0.3 is 0 Å². The minimum atomic E-state index is 0.0619. The fourth-order valence-corrected chi connectivity index (χ4v) is 2.48. The van der Waals surface area contributed by atoms with Gasteiger partial charge in [-0.15, -0.1) is 0 Å². The summed E-state index contributed by atoms with van der Waals surface area (Å²) >= 11 is 0. The van der Waals surface area contributed by atoms with E-state index in [1.165, 1.54) is 11.1 Å². The van der Waals surface area contributed by atoms with Crippen molar-refractivity contribution in [1.29, 1.82) is 0 Å². The lowest BCUT2D eigenvalue weighted by Crippen LogP contribution is -2.33. The van der Waals surface area contributed by atoms with Crippen LogP contribution in [0.1, 0.15) is 43.4 Å². The van der Waals surface area contributed by atoms with Crippen molar-refractivity contribution in [1.82, 2.24) is 5.32 Å². The van der Waals surface area contributed by atoms with Gasteiger partial charge in [0.25, 0.3) is 0 Å². The zero-order valence-corrected chi connectivity index (χ0v) is 12.7. The van der Waals surface area contributed by atoms with Crippen LogP contribution in [0.5, 0.6) is 0 Å². The Morgan fingerprint density at radius 3 is 2.70 bits per heavy atom. The number of aryl methyl sites for hydroxylation is 2. The highest BCUT2D eigenvalue weighted by molar-refractivity contribution is 5.88. The van der Waals surface area contributed by atoms with Crippen LogP contribution in [0, 0.1) is 13.8 Å². The number of rotatable bonds is 5. The number of furan rings is 1. The molecule has 3 nitrogen and oxygen atoms in total. The third kappa shape index (κ3) is 3.21. The summed E-state index contributed by atoms with van der Waals surface area (Å²) in [5.41, 5.74) is 4.25. The van der Waals surface area contributed by atoms with Crippen LogP contribution in [-0.2, 0) is 11.2 Å². The lowest BCUT2D eigenvalue weighted by atomic mass is 10.0. The summed E-state index contributed by atoms with van der Waals surface area (Å²) in [5, 5.41) is 4.08. The van der Waals surface area contributed by atoms with E-state index < -0.39 is 0 Å². The number of benzene rings is 1. The quantitative estimate of drug-likeness (QED) is 0.897. The monoisotopic (exact) mass is 273 g/mol. The molecular formula is C17H23NO2. The van der Waals surface area contributed by atoms with E-state index in [9.17, 15) is 4.79 Å². The Hall–Kier alpha value is -1.77. The molecule has 1 heterocycles. The molecule has 1 aromatic carbocycles. The van der Waals surface area contributed by atoms with Crippen LogP contribution in [0.3, 0.4) is 0 Å². The van der Waals surface area contributed by atoms with Crippen LogP contribution >= 0.6 is 0 Å². The molecule has 0 saturated carbocycles. The highest BCUT2D eigenvalue weighted by Crippen LogP contribution is 2.25. The molecule has 0 aliphatic rings. The number of hydrogen-bond acceptors (Lipinski definition) is 2. The number of hydrogen-bond donors (Lipinski definition) is 1. The van der Waals surface area contributed by atoms with Crippen LogP contribution in [-0.4, -0.2) is 11.9 Å². The molecule has 0 saturated heterocycles. The summed E-state index contributed by atoms with van der Waals surface area (Å²) in [7, 11) is 0. The molecule has 1 amide bonds. The topological polar surface area (TPSA) is 42.2 Å². The third-order valence-electron chi connectivity index (χ3n) is 3.75. The Kier molecular flexibility index (Phi) is 4.48. The molecule has 1 N–H and O–H groups in total. The van der Waals surface area contributed by atoms with Gasteiger partial charge in [0.05, 0.1) is 12.7 Å². The maximum Gasteiger partial charge on any atom is 0.224 e. The van der Waals surface area contributed by atoms with Gasteiger partial charge in [0.15, 0.2) is 0 Å². The Bertz CT molecular complexity index is 613. The average Bonchev–Trinajstić information content (AvgIpc) is 2.72. The molecule has 0 spiro atoms. The Morgan fingerprint density at radius 1 is 1.30 bits per heavy atom. The van der Waals surface area contributed by atoms with E-state index in [4.69, 9.17) is 4.42 Å². The average molecular weight is 273 g/mol. The van der Waals surface area contributed by atoms with E-state index in [0.29, 0.717) is 6.42 Å². The smallest absolute Gasteiger partial charge is 0.224 e. The highest BCUT2D eigenvalue weighted by atomic mass is 16.3. The van der Waals surface area contributed by atoms with Crippen LogP contribution in [0.15, 0.2) is 22.8 Å². The van der Waals surface area contributed by atoms with Crippen LogP contribution in [0.2, 0.25) is 0 Å². The second kappa shape index (κ2) is 6.12. The van der Waals surface area contributed by atoms with Gasteiger partial charge in [-0.1, -0.05) is 13.3 Å². The van der Waals surface area contributed by atoms with Crippen molar-refractivity contribution in [2.24, 2.45) is 0 Å². The molecule has 0 radical (unpaired) electrons. The lowest BCUT2D eigenvalue weighted by Gasteiger charge is -2.12. The molecular weight excluding hydrogens is 250 g/mol. The largest absolute Gasteiger partial charge is 0.464 e. The first-order valence-electron chi connectivity index (χ1n) is 7.28. The second-order valence-corrected chi connectivity index (χ2v) is 5.63. The minimum Gasteiger partial charge on any atom is -0.464 e. The van der Waals surface area contributed by atoms with Crippen molar-refractivity contribution in [3.63, 3.8) is 0 Å². The summed E-state index contributed by atoms with van der Waals surface area (Å²) in [5.74, 6) is 0.0619. The SMILES string of the molecule is CCC[C@@H](C)NC(=O)Cc1coc2cc(C)c(C)cc12. The van der Waals surface area contributed by atoms with E-state index in [1.54, 1.807) is 6.26 Å². The first-order chi connectivity index (χ1) is 9.51. The van der Waals surface area contributed by atoms with Crippen molar-refractivity contribution in [2.45, 2.75) is 53.0 Å². The van der Waals surface area contributed by atoms with Crippen molar-refractivity contribution >= 4 is 16.9 Å². The number of carbonyl (C=O) groups excluding carboxylic acids is 1. The first-order valence-corrected chi connectivity index (χ1v) is 7.28. The zero-order chi connectivity index (χ0) is 14.7. The third-order valence-corrected chi connectivity index (χ3v) is 3.75. The summed E-state index contributed by atoms with van der Waals surface area (Å²) in [6.45, 7) is 8.31. The van der Waals surface area contributed by atoms with Gasteiger partial charge < -0.3 is 9.73 Å². The van der Waals surface area contributed by atoms with Gasteiger partial charge in [-0.3, -0.25) is 4.79 Å². The van der Waals surface area contributed by atoms with Gasteiger partial charge in [0.2, 0.25) is 5.91 Å². The Morgan fingerprint density at radius 2 is 2.00 bits per heavy atom. The van der Waals surface area contributed by atoms with Gasteiger partial charge in [0, 0.05) is 17.0 Å². The normalized spacial score (nSPS) is 12.6. The fraction of sp³-hybridized carbons (Fsp3) is 0.471. The molecule has 3 heteroatoms. The van der Waals surface area contributed by atoms with Crippen LogP contribution in [0.25, 0.3) is 11.0 Å². The zero-order valence-electron chi connectivity index (χ0n) is 12.7. The van der Waals surface area contributed by atoms with E-state index >= 15 is 0 Å². The van der Waals surface area contributed by atoms with Gasteiger partial charge in [-0.2, -0.15) is 0 Å². The molecule has 0 unspecified atom stereocenters. The van der Waals surface area contributed by atoms with Crippen LogP contribution in [0.4, 0.5) is 0 Å². The standard InChI is InChI=1S/C17H23NO2/c1-5-6-13(4)18-17(19)9-14-10-20-16-8-12(3)11(2)7-15(14)16/h7-8,10,13H,5-6,9H2,1-4H3,(H,18,19)/t13-/m1/s1. The Labute approximate surface area is 120 Å². The van der Waals surface area contributed by atoms with Gasteiger partial charge in [-0.05, 0) is 50.5 Å². The Balaban J connectivity index is 2.14. The van der Waals surface area contributed by atoms with E-state index in [1.807, 2.05) is 13.0 Å². The summed E-state index contributed by atoms with van der Waals surface area (Å²) in [4.78, 5) is 12.0. The molecule has 1 atom stereocenters. The maximum atomic E-state index is 12.0. The number of nitrogens with one attached hydrogen (secondary N) is 1. The van der Waals surface area contributed by atoms with E-state index in [0.717, 1.165) is 29.4 Å². The molecule has 20 heavy (non-hydrogen) atoms. The van der Waals surface area contributed by atoms with Gasteiger partial charge in [0.1, 0.15) is 5.58 Å². The van der Waals surface area contributed by atoms with Crippen molar-refractivity contribution in [2.75, 3.05) is 0 Å². The maximum absolute atomic E-state index is 12.0. The van der Waals surface area contributed by atoms with Crippen molar-refractivity contribution in [3.8, 4) is 0 Å². The molecule has 0 aliphatic heterocycles. The second-order valence-electron chi connectivity index (χ2n) is 5.63. The summed E-state index contributed by atoms with van der Waals surface area (Å²) in [6.07, 6.45) is 4.17. The van der Waals surface area contributed by atoms with Crippen LogP contribution < -0.4 is 5.32 Å². The molecule has 0 bridgehead atoms. The molecule has 108 valence electrons. The minimum absolute atomic E-state index is 0.0619. The molecule has 2 aromatic rings. The molecule has 0 fully saturated rings. The predicted molar refractivity (Wildman–Crippen MR) is 81.9 cm³/mol. The fourth-order valence-electron chi connectivity index (χ4n) is 2.48. The number of carbonyl (C=O) groups is 1. The lowest BCUT2D eigenvalue weighted by molar-refractivity contribution is -0.121. The predicted octanol–water partition coefficient (Wildman–Crippen LogP) is 3.90. The van der Waals surface area contributed by atoms with Crippen molar-refractivity contribution in [3.05, 3.63) is 35.1 Å². The highest BCUT2D eigenvalue weighted by Gasteiger charge is 2.13.